The van der Waals surface area contributed by atoms with Crippen LogP contribution in [0.3, 0.4) is 0 Å². The second kappa shape index (κ2) is 7.65. The van der Waals surface area contributed by atoms with Crippen molar-refractivity contribution in [1.29, 1.82) is 0 Å². The van der Waals surface area contributed by atoms with Gasteiger partial charge in [0.2, 0.25) is 5.91 Å². The van der Waals surface area contributed by atoms with Gasteiger partial charge in [0, 0.05) is 12.8 Å². The molecule has 0 saturated carbocycles. The van der Waals surface area contributed by atoms with Gasteiger partial charge in [-0.3, -0.25) is 9.59 Å². The Morgan fingerprint density at radius 1 is 1.33 bits per heavy atom. The highest BCUT2D eigenvalue weighted by Gasteiger charge is 2.22. The summed E-state index contributed by atoms with van der Waals surface area (Å²) in [5, 5.41) is 13.1. The number of hydrogen-bond acceptors (Lipinski definition) is 4. The summed E-state index contributed by atoms with van der Waals surface area (Å²) in [6.07, 6.45) is 0.365. The average Bonchev–Trinajstić information content (AvgIpc) is 2.21. The normalized spacial score (nSPS) is 14.0. The molecule has 0 radical (unpaired) electrons. The number of carbonyl (C=O) groups excluding carboxylic acids is 3. The third-order valence-electron chi connectivity index (χ3n) is 2.41. The minimum absolute atomic E-state index is 0.0716. The maximum atomic E-state index is 11.7. The van der Waals surface area contributed by atoms with Gasteiger partial charge in [-0.1, -0.05) is 13.8 Å². The van der Waals surface area contributed by atoms with Gasteiger partial charge in [-0.25, -0.2) is 0 Å². The predicted molar refractivity (Wildman–Crippen MR) is 61.5 cm³/mol. The van der Waals surface area contributed by atoms with E-state index in [1.807, 2.05) is 13.8 Å². The Balaban J connectivity index is 4.35. The van der Waals surface area contributed by atoms with E-state index in [0.29, 0.717) is 6.42 Å². The molecule has 0 aromatic heterocycles. The largest absolute Gasteiger partial charge is 0.548 e. The van der Waals surface area contributed by atoms with E-state index in [4.69, 9.17) is 5.73 Å². The van der Waals surface area contributed by atoms with Crippen molar-refractivity contribution in [2.45, 2.75) is 45.2 Å². The van der Waals surface area contributed by atoms with Crippen LogP contribution in [0.4, 0.5) is 0 Å². The molecule has 0 spiro atoms. The van der Waals surface area contributed by atoms with Crippen LogP contribution in [0.5, 0.6) is 0 Å². The van der Waals surface area contributed by atoms with Crippen molar-refractivity contribution in [3.8, 4) is 0 Å². The van der Waals surface area contributed by atoms with Crippen molar-refractivity contribution >= 4 is 17.8 Å². The number of amides is 2. The number of rotatable bonds is 8. The van der Waals surface area contributed by atoms with E-state index in [9.17, 15) is 19.5 Å². The summed E-state index contributed by atoms with van der Waals surface area (Å²) < 4.78 is 0. The molecule has 6 N–H and O–H groups in total. The molecule has 0 heterocycles. The Kier molecular flexibility index (Phi) is 6.96. The summed E-state index contributed by atoms with van der Waals surface area (Å²) in [4.78, 5) is 33.0. The number of carboxylic acids is 1. The van der Waals surface area contributed by atoms with Crippen LogP contribution in [-0.2, 0) is 14.4 Å². The Hall–Kier alpha value is -1.63. The van der Waals surface area contributed by atoms with E-state index >= 15 is 0 Å². The van der Waals surface area contributed by atoms with Gasteiger partial charge in [-0.15, -0.1) is 0 Å². The highest BCUT2D eigenvalue weighted by molar-refractivity contribution is 5.85. The minimum Gasteiger partial charge on any atom is -0.548 e. The number of quaternary nitrogens is 1. The molecule has 7 heteroatoms. The zero-order valence-electron chi connectivity index (χ0n) is 10.8. The zero-order valence-corrected chi connectivity index (χ0v) is 10.8. The van der Waals surface area contributed by atoms with E-state index < -0.39 is 29.9 Å². The summed E-state index contributed by atoms with van der Waals surface area (Å²) in [6, 6.07) is -1.73. The number of aliphatic carboxylic acids is 1. The van der Waals surface area contributed by atoms with Crippen molar-refractivity contribution in [2.24, 2.45) is 11.7 Å². The lowest BCUT2D eigenvalue weighted by molar-refractivity contribution is -0.406. The van der Waals surface area contributed by atoms with Crippen LogP contribution in [0, 0.1) is 5.92 Å². The molecular formula is C11H21N3O4. The molecule has 104 valence electrons. The van der Waals surface area contributed by atoms with Gasteiger partial charge in [0.15, 0.2) is 6.04 Å². The predicted octanol–water partition coefficient (Wildman–Crippen LogP) is -2.86. The summed E-state index contributed by atoms with van der Waals surface area (Å²) in [7, 11) is 0. The first kappa shape index (κ1) is 16.4. The number of nitrogens with two attached hydrogens (primary N) is 1. The van der Waals surface area contributed by atoms with Gasteiger partial charge in [-0.05, 0) is 12.3 Å². The first-order valence-corrected chi connectivity index (χ1v) is 5.86. The molecule has 0 saturated heterocycles. The van der Waals surface area contributed by atoms with Crippen LogP contribution in [0.1, 0.15) is 33.1 Å². The quantitative estimate of drug-likeness (QED) is 0.431. The summed E-state index contributed by atoms with van der Waals surface area (Å²) in [6.45, 7) is 3.88. The second-order valence-corrected chi connectivity index (χ2v) is 4.71. The molecule has 0 fully saturated rings. The highest BCUT2D eigenvalue weighted by Crippen LogP contribution is 2.03. The van der Waals surface area contributed by atoms with Crippen molar-refractivity contribution in [1.82, 2.24) is 5.32 Å². The highest BCUT2D eigenvalue weighted by atomic mass is 16.4. The smallest absolute Gasteiger partial charge is 0.278 e. The van der Waals surface area contributed by atoms with E-state index in [1.54, 1.807) is 0 Å². The van der Waals surface area contributed by atoms with Gasteiger partial charge >= 0.3 is 0 Å². The zero-order chi connectivity index (χ0) is 14.3. The number of primary amides is 1. The molecule has 0 unspecified atom stereocenters. The molecule has 0 bridgehead atoms. The third kappa shape index (κ3) is 6.85. The monoisotopic (exact) mass is 259 g/mol. The van der Waals surface area contributed by atoms with Crippen LogP contribution in [0.2, 0.25) is 0 Å². The third-order valence-corrected chi connectivity index (χ3v) is 2.41. The molecule has 2 atom stereocenters. The topological polar surface area (TPSA) is 140 Å². The lowest BCUT2D eigenvalue weighted by Gasteiger charge is -2.20. The van der Waals surface area contributed by atoms with Crippen LogP contribution in [0.15, 0.2) is 0 Å². The number of hydrogen-bond donors (Lipinski definition) is 3. The van der Waals surface area contributed by atoms with Crippen LogP contribution >= 0.6 is 0 Å². The summed E-state index contributed by atoms with van der Waals surface area (Å²) in [5.74, 6) is -2.22. The van der Waals surface area contributed by atoms with Gasteiger partial charge in [0.25, 0.3) is 5.91 Å². The van der Waals surface area contributed by atoms with Gasteiger partial charge in [0.05, 0.1) is 12.0 Å². The Labute approximate surface area is 106 Å². The lowest BCUT2D eigenvalue weighted by atomic mass is 10.0. The molecule has 0 aliphatic carbocycles. The van der Waals surface area contributed by atoms with Gasteiger partial charge < -0.3 is 26.7 Å². The molecule has 0 aromatic carbocycles. The maximum Gasteiger partial charge on any atom is 0.278 e. The van der Waals surface area contributed by atoms with E-state index in [2.05, 4.69) is 11.1 Å². The van der Waals surface area contributed by atoms with E-state index in [-0.39, 0.29) is 18.8 Å². The van der Waals surface area contributed by atoms with Gasteiger partial charge in [0.1, 0.15) is 0 Å². The molecule has 0 aliphatic heterocycles. The van der Waals surface area contributed by atoms with E-state index in [0.717, 1.165) is 0 Å². The van der Waals surface area contributed by atoms with E-state index in [1.165, 1.54) is 0 Å². The first-order chi connectivity index (χ1) is 8.23. The maximum absolute atomic E-state index is 11.7. The molecular weight excluding hydrogens is 238 g/mol. The van der Waals surface area contributed by atoms with Crippen LogP contribution in [0.25, 0.3) is 0 Å². The van der Waals surface area contributed by atoms with Crippen molar-refractivity contribution in [3.63, 3.8) is 0 Å². The number of carboxylic acid groups (broad SMARTS) is 1. The number of carbonyl (C=O) groups is 3. The Morgan fingerprint density at radius 2 is 1.89 bits per heavy atom. The molecule has 2 amide bonds. The SMILES string of the molecule is CC(C)C[C@@H]([NH3+])C(=O)N[C@@H](CCC(N)=O)C(=O)[O-]. The standard InChI is InChI=1S/C11H21N3O4/c1-6(2)5-7(12)10(16)14-8(11(17)18)3-4-9(13)15/h6-8H,3-5,12H2,1-2H3,(H2,13,15)(H,14,16)(H,17,18)/t7-,8+/m1/s1. The summed E-state index contributed by atoms with van der Waals surface area (Å²) >= 11 is 0. The minimum atomic E-state index is -1.43. The fourth-order valence-corrected chi connectivity index (χ4v) is 1.50. The molecule has 0 aliphatic rings. The first-order valence-electron chi connectivity index (χ1n) is 5.86. The van der Waals surface area contributed by atoms with Crippen molar-refractivity contribution in [3.05, 3.63) is 0 Å². The lowest BCUT2D eigenvalue weighted by Crippen LogP contribution is -2.69. The van der Waals surface area contributed by atoms with Crippen LogP contribution < -0.4 is 21.9 Å². The Bertz CT molecular complexity index is 317. The fourth-order valence-electron chi connectivity index (χ4n) is 1.50. The number of nitrogens with one attached hydrogen (secondary N) is 1. The fraction of sp³-hybridized carbons (Fsp3) is 0.727. The molecule has 7 nitrogen and oxygen atoms in total. The molecule has 18 heavy (non-hydrogen) atoms. The van der Waals surface area contributed by atoms with Crippen molar-refractivity contribution in [2.75, 3.05) is 0 Å². The molecule has 0 rings (SSSR count). The van der Waals surface area contributed by atoms with Crippen LogP contribution in [-0.4, -0.2) is 29.9 Å². The van der Waals surface area contributed by atoms with Gasteiger partial charge in [-0.2, -0.15) is 0 Å². The average molecular weight is 259 g/mol. The summed E-state index contributed by atoms with van der Waals surface area (Å²) in [5.41, 5.74) is 8.59. The van der Waals surface area contributed by atoms with Crippen molar-refractivity contribution < 1.29 is 25.2 Å². The molecule has 0 aromatic rings. The second-order valence-electron chi connectivity index (χ2n) is 4.71. The Morgan fingerprint density at radius 3 is 2.28 bits per heavy atom.